The first-order chi connectivity index (χ1) is 13.4. The zero-order valence-corrected chi connectivity index (χ0v) is 18.4. The molecule has 2 unspecified atom stereocenters. The molecule has 6 heteroatoms. The molecule has 1 aromatic rings. The molecule has 0 saturated carbocycles. The van der Waals surface area contributed by atoms with E-state index in [1.54, 1.807) is 0 Å². The molecule has 2 aliphatic heterocycles. The van der Waals surface area contributed by atoms with Gasteiger partial charge in [0, 0.05) is 62.4 Å². The minimum atomic E-state index is 0.0199. The smallest absolute Gasteiger partial charge is 0.191 e. The van der Waals surface area contributed by atoms with Crippen molar-refractivity contribution in [2.45, 2.75) is 51.1 Å². The number of hydrogen-bond acceptors (Lipinski definition) is 3. The number of benzene rings is 1. The maximum atomic E-state index is 6.29. The molecule has 0 bridgehead atoms. The maximum Gasteiger partial charge on any atom is 0.191 e. The van der Waals surface area contributed by atoms with Crippen LogP contribution in [-0.2, 0) is 10.2 Å². The van der Waals surface area contributed by atoms with Crippen LogP contribution in [-0.4, -0.2) is 62.8 Å². The van der Waals surface area contributed by atoms with Crippen molar-refractivity contribution in [2.24, 2.45) is 10.9 Å². The molecular formula is C22H35ClN4O. The molecule has 156 valence electrons. The zero-order chi connectivity index (χ0) is 20.1. The molecule has 0 spiro atoms. The van der Waals surface area contributed by atoms with Crippen LogP contribution in [0.15, 0.2) is 29.3 Å². The highest BCUT2D eigenvalue weighted by atomic mass is 35.5. The molecule has 3 rings (SSSR count). The number of rotatable bonds is 5. The molecule has 2 fully saturated rings. The largest absolute Gasteiger partial charge is 0.381 e. The van der Waals surface area contributed by atoms with E-state index in [2.05, 4.69) is 53.4 Å². The lowest BCUT2D eigenvalue weighted by molar-refractivity contribution is 0.0513. The Morgan fingerprint density at radius 3 is 2.68 bits per heavy atom. The molecule has 0 amide bonds. The van der Waals surface area contributed by atoms with Crippen molar-refractivity contribution < 1.29 is 4.74 Å². The summed E-state index contributed by atoms with van der Waals surface area (Å²) in [5, 5.41) is 8.06. The third kappa shape index (κ3) is 5.00. The fourth-order valence-corrected chi connectivity index (χ4v) is 4.58. The first-order valence-electron chi connectivity index (χ1n) is 10.5. The van der Waals surface area contributed by atoms with Gasteiger partial charge >= 0.3 is 0 Å². The average Bonchev–Trinajstić information content (AvgIpc) is 3.06. The van der Waals surface area contributed by atoms with Crippen molar-refractivity contribution in [3.8, 4) is 0 Å². The van der Waals surface area contributed by atoms with Gasteiger partial charge in [-0.1, -0.05) is 30.7 Å². The molecule has 0 radical (unpaired) electrons. The number of guanidine groups is 1. The van der Waals surface area contributed by atoms with E-state index in [1.807, 2.05) is 19.2 Å². The Balaban J connectivity index is 1.67. The SMILES string of the molecule is CN=C(NCC1(c2cccc(Cl)c2)CCOCC1)NC1CN(C(C)C)CC1C. The second kappa shape index (κ2) is 9.47. The van der Waals surface area contributed by atoms with E-state index in [-0.39, 0.29) is 5.41 Å². The Kier molecular flexibility index (Phi) is 7.24. The Hall–Kier alpha value is -1.30. The third-order valence-electron chi connectivity index (χ3n) is 6.40. The number of hydrogen-bond donors (Lipinski definition) is 2. The standard InChI is InChI=1S/C22H35ClN4O/c1-16(2)27-13-17(3)20(14-27)26-21(24-4)25-15-22(8-10-28-11-9-22)18-6-5-7-19(23)12-18/h5-7,12,16-17,20H,8-11,13-15H2,1-4H3,(H2,24,25,26). The molecular weight excluding hydrogens is 372 g/mol. The summed E-state index contributed by atoms with van der Waals surface area (Å²) in [6, 6.07) is 9.28. The molecule has 2 N–H and O–H groups in total. The van der Waals surface area contributed by atoms with Gasteiger partial charge in [0.2, 0.25) is 0 Å². The quantitative estimate of drug-likeness (QED) is 0.582. The van der Waals surface area contributed by atoms with E-state index in [0.29, 0.717) is 18.0 Å². The van der Waals surface area contributed by atoms with Crippen LogP contribution in [0.2, 0.25) is 5.02 Å². The first-order valence-corrected chi connectivity index (χ1v) is 10.9. The van der Waals surface area contributed by atoms with Crippen LogP contribution in [0.4, 0.5) is 0 Å². The van der Waals surface area contributed by atoms with Crippen molar-refractivity contribution in [3.63, 3.8) is 0 Å². The van der Waals surface area contributed by atoms with E-state index in [9.17, 15) is 0 Å². The molecule has 2 atom stereocenters. The Bertz CT molecular complexity index is 672. The predicted molar refractivity (Wildman–Crippen MR) is 117 cm³/mol. The van der Waals surface area contributed by atoms with Crippen LogP contribution >= 0.6 is 11.6 Å². The first kappa shape index (κ1) is 21.4. The monoisotopic (exact) mass is 406 g/mol. The fraction of sp³-hybridized carbons (Fsp3) is 0.682. The highest BCUT2D eigenvalue weighted by molar-refractivity contribution is 6.30. The lowest BCUT2D eigenvalue weighted by Gasteiger charge is -2.38. The Morgan fingerprint density at radius 1 is 1.32 bits per heavy atom. The fourth-order valence-electron chi connectivity index (χ4n) is 4.38. The Labute approximate surface area is 174 Å². The Morgan fingerprint density at radius 2 is 2.07 bits per heavy atom. The van der Waals surface area contributed by atoms with E-state index < -0.39 is 0 Å². The van der Waals surface area contributed by atoms with Gasteiger partial charge in [-0.3, -0.25) is 9.89 Å². The van der Waals surface area contributed by atoms with Gasteiger partial charge in [-0.15, -0.1) is 0 Å². The van der Waals surface area contributed by atoms with Crippen molar-refractivity contribution in [1.29, 1.82) is 0 Å². The minimum Gasteiger partial charge on any atom is -0.381 e. The van der Waals surface area contributed by atoms with Crippen LogP contribution in [0, 0.1) is 5.92 Å². The number of likely N-dealkylation sites (tertiary alicyclic amines) is 1. The molecule has 0 aliphatic carbocycles. The lowest BCUT2D eigenvalue weighted by atomic mass is 9.74. The van der Waals surface area contributed by atoms with Crippen molar-refractivity contribution in [2.75, 3.05) is 39.9 Å². The molecule has 2 aliphatic rings. The van der Waals surface area contributed by atoms with Crippen LogP contribution in [0.5, 0.6) is 0 Å². The molecule has 2 saturated heterocycles. The average molecular weight is 407 g/mol. The van der Waals surface area contributed by atoms with E-state index in [1.165, 1.54) is 5.56 Å². The second-order valence-corrected chi connectivity index (χ2v) is 9.04. The van der Waals surface area contributed by atoms with E-state index in [0.717, 1.165) is 56.7 Å². The van der Waals surface area contributed by atoms with Gasteiger partial charge in [0.25, 0.3) is 0 Å². The summed E-state index contributed by atoms with van der Waals surface area (Å²) in [4.78, 5) is 7.03. The highest BCUT2D eigenvalue weighted by Crippen LogP contribution is 2.35. The zero-order valence-electron chi connectivity index (χ0n) is 17.7. The van der Waals surface area contributed by atoms with Gasteiger partial charge in [0.1, 0.15) is 0 Å². The van der Waals surface area contributed by atoms with Gasteiger partial charge in [0.05, 0.1) is 0 Å². The topological polar surface area (TPSA) is 48.9 Å². The van der Waals surface area contributed by atoms with Gasteiger partial charge in [-0.05, 0) is 50.3 Å². The van der Waals surface area contributed by atoms with Gasteiger partial charge in [-0.2, -0.15) is 0 Å². The van der Waals surface area contributed by atoms with Gasteiger partial charge in [0.15, 0.2) is 5.96 Å². The van der Waals surface area contributed by atoms with E-state index in [4.69, 9.17) is 16.3 Å². The van der Waals surface area contributed by atoms with Crippen LogP contribution < -0.4 is 10.6 Å². The van der Waals surface area contributed by atoms with Crippen molar-refractivity contribution >= 4 is 17.6 Å². The molecule has 28 heavy (non-hydrogen) atoms. The summed E-state index contributed by atoms with van der Waals surface area (Å²) < 4.78 is 5.65. The van der Waals surface area contributed by atoms with Crippen LogP contribution in [0.3, 0.4) is 0 Å². The summed E-state index contributed by atoms with van der Waals surface area (Å²) in [5.74, 6) is 1.49. The second-order valence-electron chi connectivity index (χ2n) is 8.60. The van der Waals surface area contributed by atoms with Gasteiger partial charge in [-0.25, -0.2) is 0 Å². The summed E-state index contributed by atoms with van der Waals surface area (Å²) in [7, 11) is 1.85. The third-order valence-corrected chi connectivity index (χ3v) is 6.63. The van der Waals surface area contributed by atoms with Crippen molar-refractivity contribution in [3.05, 3.63) is 34.9 Å². The number of aliphatic imine (C=N–C) groups is 1. The number of halogens is 1. The molecule has 5 nitrogen and oxygen atoms in total. The highest BCUT2D eigenvalue weighted by Gasteiger charge is 2.36. The molecule has 0 aromatic heterocycles. The number of nitrogens with one attached hydrogen (secondary N) is 2. The lowest BCUT2D eigenvalue weighted by Crippen LogP contribution is -2.51. The summed E-state index contributed by atoms with van der Waals surface area (Å²) >= 11 is 6.29. The minimum absolute atomic E-state index is 0.0199. The predicted octanol–water partition coefficient (Wildman–Crippen LogP) is 3.28. The summed E-state index contributed by atoms with van der Waals surface area (Å²) in [5.41, 5.74) is 1.30. The number of ether oxygens (including phenoxy) is 1. The number of nitrogens with zero attached hydrogens (tertiary/aromatic N) is 2. The van der Waals surface area contributed by atoms with Crippen LogP contribution in [0.25, 0.3) is 0 Å². The summed E-state index contributed by atoms with van der Waals surface area (Å²) in [6.45, 7) is 11.4. The normalized spacial score (nSPS) is 25.9. The summed E-state index contributed by atoms with van der Waals surface area (Å²) in [6.07, 6.45) is 1.97. The van der Waals surface area contributed by atoms with E-state index >= 15 is 0 Å². The molecule has 2 heterocycles. The maximum absolute atomic E-state index is 6.29. The van der Waals surface area contributed by atoms with Crippen molar-refractivity contribution in [1.82, 2.24) is 15.5 Å². The van der Waals surface area contributed by atoms with Gasteiger partial charge < -0.3 is 15.4 Å². The molecule has 1 aromatic carbocycles. The van der Waals surface area contributed by atoms with Crippen LogP contribution in [0.1, 0.15) is 39.2 Å².